The van der Waals surface area contributed by atoms with Crippen molar-refractivity contribution in [2.45, 2.75) is 12.6 Å². The van der Waals surface area contributed by atoms with Gasteiger partial charge in [-0.25, -0.2) is 0 Å². The van der Waals surface area contributed by atoms with Crippen molar-refractivity contribution in [3.8, 4) is 0 Å². The Morgan fingerprint density at radius 1 is 1.05 bits per heavy atom. The molecule has 0 saturated carbocycles. The lowest BCUT2D eigenvalue weighted by Gasteiger charge is -2.36. The second-order valence-electron chi connectivity index (χ2n) is 6.26. The summed E-state index contributed by atoms with van der Waals surface area (Å²) in [5.74, 6) is 0.649. The Kier molecular flexibility index (Phi) is 5.25. The van der Waals surface area contributed by atoms with Gasteiger partial charge in [0.2, 0.25) is 0 Å². The molecule has 0 amide bonds. The van der Waals surface area contributed by atoms with Crippen molar-refractivity contribution in [1.29, 1.82) is 0 Å². The van der Waals surface area contributed by atoms with Gasteiger partial charge in [-0.2, -0.15) is 0 Å². The molecule has 4 nitrogen and oxygen atoms in total. The van der Waals surface area contributed by atoms with E-state index < -0.39 is 0 Å². The first kappa shape index (κ1) is 15.0. The predicted octanol–water partition coefficient (Wildman–Crippen LogP) is 1.04. The fourth-order valence-corrected chi connectivity index (χ4v) is 3.40. The molecule has 0 bridgehead atoms. The van der Waals surface area contributed by atoms with Crippen molar-refractivity contribution in [3.05, 3.63) is 35.9 Å². The van der Waals surface area contributed by atoms with E-state index in [4.69, 9.17) is 4.74 Å². The summed E-state index contributed by atoms with van der Waals surface area (Å²) in [6, 6.07) is 11.3. The van der Waals surface area contributed by atoms with E-state index in [0.29, 0.717) is 12.0 Å². The Morgan fingerprint density at radius 2 is 1.76 bits per heavy atom. The van der Waals surface area contributed by atoms with Crippen molar-refractivity contribution in [3.63, 3.8) is 0 Å². The first-order valence-electron chi connectivity index (χ1n) is 8.09. The van der Waals surface area contributed by atoms with E-state index in [1.165, 1.54) is 38.3 Å². The van der Waals surface area contributed by atoms with Gasteiger partial charge >= 0.3 is 0 Å². The molecule has 1 aromatic carbocycles. The summed E-state index contributed by atoms with van der Waals surface area (Å²) >= 11 is 0. The van der Waals surface area contributed by atoms with Crippen molar-refractivity contribution in [1.82, 2.24) is 15.1 Å². The number of nitrogens with one attached hydrogen (secondary N) is 1. The van der Waals surface area contributed by atoms with Gasteiger partial charge in [-0.1, -0.05) is 30.3 Å². The smallest absolute Gasteiger partial charge is 0.0623 e. The lowest BCUT2D eigenvalue weighted by Crippen LogP contribution is -2.49. The Bertz CT molecular complexity index is 417. The molecule has 0 spiro atoms. The first-order chi connectivity index (χ1) is 10.3. The Balaban J connectivity index is 1.43. The highest BCUT2D eigenvalue weighted by Gasteiger charge is 2.29. The third-order valence-electron chi connectivity index (χ3n) is 4.78. The zero-order valence-electron chi connectivity index (χ0n) is 13.0. The standard InChI is InChI=1S/C17H27N3O/c1-18-17-14-21-13-16(17)12-20-9-7-19(8-10-20)11-15-5-3-2-4-6-15/h2-6,16-18H,7-14H2,1H3. The van der Waals surface area contributed by atoms with Gasteiger partial charge in [0.15, 0.2) is 0 Å². The maximum atomic E-state index is 5.60. The minimum absolute atomic E-state index is 0.535. The largest absolute Gasteiger partial charge is 0.379 e. The van der Waals surface area contributed by atoms with Crippen molar-refractivity contribution < 1.29 is 4.74 Å². The van der Waals surface area contributed by atoms with Crippen LogP contribution in [0.3, 0.4) is 0 Å². The number of rotatable bonds is 5. The SMILES string of the molecule is CNC1COCC1CN1CCN(Cc2ccccc2)CC1. The lowest BCUT2D eigenvalue weighted by atomic mass is 10.0. The average Bonchev–Trinajstić information content (AvgIpc) is 2.97. The molecule has 2 heterocycles. The summed E-state index contributed by atoms with van der Waals surface area (Å²) in [7, 11) is 2.05. The van der Waals surface area contributed by atoms with Crippen LogP contribution in [0.15, 0.2) is 30.3 Å². The molecule has 1 aromatic rings. The van der Waals surface area contributed by atoms with Gasteiger partial charge in [0.05, 0.1) is 13.2 Å². The number of hydrogen-bond donors (Lipinski definition) is 1. The van der Waals surface area contributed by atoms with Gasteiger partial charge in [-0.15, -0.1) is 0 Å². The molecular formula is C17H27N3O. The van der Waals surface area contributed by atoms with Crippen molar-refractivity contribution >= 4 is 0 Å². The summed E-state index contributed by atoms with van der Waals surface area (Å²) < 4.78 is 5.60. The fourth-order valence-electron chi connectivity index (χ4n) is 3.40. The number of piperazine rings is 1. The normalized spacial score (nSPS) is 28.0. The first-order valence-corrected chi connectivity index (χ1v) is 8.09. The lowest BCUT2D eigenvalue weighted by molar-refractivity contribution is 0.105. The zero-order valence-corrected chi connectivity index (χ0v) is 13.0. The molecular weight excluding hydrogens is 262 g/mol. The molecule has 2 aliphatic heterocycles. The molecule has 3 rings (SSSR count). The summed E-state index contributed by atoms with van der Waals surface area (Å²) in [4.78, 5) is 5.16. The van der Waals surface area contributed by atoms with E-state index in [1.807, 2.05) is 7.05 Å². The van der Waals surface area contributed by atoms with Gasteiger partial charge in [0.25, 0.3) is 0 Å². The van der Waals surface area contributed by atoms with Crippen LogP contribution < -0.4 is 5.32 Å². The van der Waals surface area contributed by atoms with Crippen LogP contribution >= 0.6 is 0 Å². The summed E-state index contributed by atoms with van der Waals surface area (Å²) in [5, 5.41) is 3.38. The van der Waals surface area contributed by atoms with Crippen LogP contribution in [0.4, 0.5) is 0 Å². The second kappa shape index (κ2) is 7.36. The maximum Gasteiger partial charge on any atom is 0.0623 e. The molecule has 0 aliphatic carbocycles. The molecule has 0 radical (unpaired) electrons. The van der Waals surface area contributed by atoms with Crippen LogP contribution in [-0.2, 0) is 11.3 Å². The number of ether oxygens (including phenoxy) is 1. The fraction of sp³-hybridized carbons (Fsp3) is 0.647. The average molecular weight is 289 g/mol. The quantitative estimate of drug-likeness (QED) is 0.876. The number of hydrogen-bond acceptors (Lipinski definition) is 4. The molecule has 1 N–H and O–H groups in total. The van der Waals surface area contributed by atoms with E-state index in [1.54, 1.807) is 0 Å². The van der Waals surface area contributed by atoms with Gasteiger partial charge in [-0.05, 0) is 12.6 Å². The van der Waals surface area contributed by atoms with Crippen LogP contribution in [0, 0.1) is 5.92 Å². The second-order valence-corrected chi connectivity index (χ2v) is 6.26. The maximum absolute atomic E-state index is 5.60. The molecule has 4 heteroatoms. The van der Waals surface area contributed by atoms with Gasteiger partial charge in [0.1, 0.15) is 0 Å². The highest BCUT2D eigenvalue weighted by molar-refractivity contribution is 5.14. The van der Waals surface area contributed by atoms with E-state index in [2.05, 4.69) is 45.4 Å². The van der Waals surface area contributed by atoms with Gasteiger partial charge in [0, 0.05) is 51.2 Å². The topological polar surface area (TPSA) is 27.7 Å². The van der Waals surface area contributed by atoms with Crippen LogP contribution in [0.5, 0.6) is 0 Å². The molecule has 0 aromatic heterocycles. The monoisotopic (exact) mass is 289 g/mol. The van der Waals surface area contributed by atoms with Crippen molar-refractivity contribution in [2.75, 3.05) is 53.0 Å². The van der Waals surface area contributed by atoms with E-state index in [9.17, 15) is 0 Å². The Labute approximate surface area is 128 Å². The Morgan fingerprint density at radius 3 is 2.48 bits per heavy atom. The summed E-state index contributed by atoms with van der Waals surface area (Å²) in [6.45, 7) is 8.74. The third-order valence-corrected chi connectivity index (χ3v) is 4.78. The summed E-state index contributed by atoms with van der Waals surface area (Å²) in [6.07, 6.45) is 0. The van der Waals surface area contributed by atoms with Crippen LogP contribution in [-0.4, -0.2) is 68.8 Å². The molecule has 2 fully saturated rings. The number of nitrogens with zero attached hydrogens (tertiary/aromatic N) is 2. The molecule has 2 atom stereocenters. The highest BCUT2D eigenvalue weighted by Crippen LogP contribution is 2.16. The van der Waals surface area contributed by atoms with E-state index in [0.717, 1.165) is 19.8 Å². The highest BCUT2D eigenvalue weighted by atomic mass is 16.5. The van der Waals surface area contributed by atoms with Crippen molar-refractivity contribution in [2.24, 2.45) is 5.92 Å². The number of benzene rings is 1. The minimum Gasteiger partial charge on any atom is -0.379 e. The molecule has 21 heavy (non-hydrogen) atoms. The summed E-state index contributed by atoms with van der Waals surface area (Å²) in [5.41, 5.74) is 1.42. The minimum atomic E-state index is 0.535. The third kappa shape index (κ3) is 4.04. The number of likely N-dealkylation sites (N-methyl/N-ethyl adjacent to an activating group) is 1. The van der Waals surface area contributed by atoms with E-state index in [-0.39, 0.29) is 0 Å². The van der Waals surface area contributed by atoms with Crippen LogP contribution in [0.2, 0.25) is 0 Å². The van der Waals surface area contributed by atoms with Gasteiger partial charge < -0.3 is 15.0 Å². The molecule has 2 aliphatic rings. The van der Waals surface area contributed by atoms with Gasteiger partial charge in [-0.3, -0.25) is 4.90 Å². The predicted molar refractivity (Wildman–Crippen MR) is 85.3 cm³/mol. The van der Waals surface area contributed by atoms with Crippen LogP contribution in [0.1, 0.15) is 5.56 Å². The zero-order chi connectivity index (χ0) is 14.5. The van der Waals surface area contributed by atoms with Crippen LogP contribution in [0.25, 0.3) is 0 Å². The van der Waals surface area contributed by atoms with E-state index >= 15 is 0 Å². The molecule has 116 valence electrons. The Hall–Kier alpha value is -0.940. The molecule has 2 unspecified atom stereocenters. The molecule has 2 saturated heterocycles.